The van der Waals surface area contributed by atoms with Crippen LogP contribution >= 0.6 is 7.82 Å². The number of imidazole rings is 1. The third-order valence-electron chi connectivity index (χ3n) is 3.59. The number of fused-ring (bicyclic) bond motifs is 1. The Bertz CT molecular complexity index is 1000. The summed E-state index contributed by atoms with van der Waals surface area (Å²) in [6.07, 6.45) is -3.29. The average molecular weight is 451 g/mol. The topological polar surface area (TPSA) is 229 Å². The molecule has 2 aromatic rings. The van der Waals surface area contributed by atoms with Gasteiger partial charge in [0, 0.05) is 0 Å². The Hall–Kier alpha value is -0.750. The summed E-state index contributed by atoms with van der Waals surface area (Å²) in [5.41, 5.74) is 6.08. The van der Waals surface area contributed by atoms with Gasteiger partial charge in [-0.25, -0.2) is 19.5 Å². The fraction of sp³-hybridized carbons (Fsp3) is 0.500. The maximum atomic E-state index is 11.4. The maximum absolute atomic E-state index is 11.4. The van der Waals surface area contributed by atoms with Crippen molar-refractivity contribution in [2.24, 2.45) is 0 Å². The zero-order valence-corrected chi connectivity index (χ0v) is 14.8. The van der Waals surface area contributed by atoms with Crippen LogP contribution in [0.5, 0.6) is 0 Å². The van der Waals surface area contributed by atoms with Crippen LogP contribution in [0.4, 0.5) is 5.82 Å². The van der Waals surface area contributed by atoms with E-state index < -0.39 is 49.4 Å². The SMILES string of the molecule is Nc1ncnc2c1ncn2C1OC(COP(=O)(O)OS(=O)(=O)O)C(O)C1O.[NaH]. The van der Waals surface area contributed by atoms with Crippen LogP contribution in [-0.2, 0) is 28.2 Å². The molecule has 0 bridgehead atoms. The number of aliphatic hydroxyl groups is 2. The number of ether oxygens (including phenoxy) is 1. The monoisotopic (exact) mass is 451 g/mol. The average Bonchev–Trinajstić information content (AvgIpc) is 3.07. The molecule has 152 valence electrons. The number of nitrogens with two attached hydrogens (primary N) is 1. The normalized spacial score (nSPS) is 27.4. The number of anilines is 1. The molecule has 0 saturated carbocycles. The van der Waals surface area contributed by atoms with Crippen molar-refractivity contribution < 1.29 is 45.9 Å². The molecule has 0 spiro atoms. The van der Waals surface area contributed by atoms with Gasteiger partial charge in [-0.3, -0.25) is 13.6 Å². The van der Waals surface area contributed by atoms with Crippen molar-refractivity contribution in [3.05, 3.63) is 12.7 Å². The van der Waals surface area contributed by atoms with Gasteiger partial charge in [0.05, 0.1) is 12.9 Å². The van der Waals surface area contributed by atoms with Crippen LogP contribution < -0.4 is 5.73 Å². The van der Waals surface area contributed by atoms with Gasteiger partial charge >= 0.3 is 47.8 Å². The fourth-order valence-electron chi connectivity index (χ4n) is 2.46. The molecule has 15 nitrogen and oxygen atoms in total. The van der Waals surface area contributed by atoms with E-state index in [1.165, 1.54) is 10.9 Å². The second-order valence-electron chi connectivity index (χ2n) is 5.40. The summed E-state index contributed by atoms with van der Waals surface area (Å²) in [5, 5.41) is 20.2. The summed E-state index contributed by atoms with van der Waals surface area (Å²) in [7, 11) is -10.5. The zero-order valence-electron chi connectivity index (χ0n) is 13.1. The van der Waals surface area contributed by atoms with E-state index in [-0.39, 0.29) is 46.5 Å². The van der Waals surface area contributed by atoms with Crippen LogP contribution in [0.1, 0.15) is 6.23 Å². The number of hydrogen-bond donors (Lipinski definition) is 5. The minimum atomic E-state index is -5.26. The van der Waals surface area contributed by atoms with E-state index in [0.29, 0.717) is 0 Å². The molecule has 3 heterocycles. The Morgan fingerprint density at radius 2 is 1.96 bits per heavy atom. The van der Waals surface area contributed by atoms with Gasteiger partial charge < -0.3 is 25.6 Å². The summed E-state index contributed by atoms with van der Waals surface area (Å²) in [4.78, 5) is 20.9. The van der Waals surface area contributed by atoms with E-state index in [2.05, 4.69) is 23.4 Å². The van der Waals surface area contributed by atoms with Crippen molar-refractivity contribution in [1.82, 2.24) is 19.5 Å². The number of aliphatic hydroxyl groups excluding tert-OH is 2. The van der Waals surface area contributed by atoms with Crippen LogP contribution in [0.25, 0.3) is 11.2 Å². The Morgan fingerprint density at radius 3 is 2.61 bits per heavy atom. The number of rotatable bonds is 6. The van der Waals surface area contributed by atoms with Crippen molar-refractivity contribution in [1.29, 1.82) is 0 Å². The number of phosphoric ester groups is 1. The van der Waals surface area contributed by atoms with Crippen molar-refractivity contribution in [2.75, 3.05) is 12.3 Å². The van der Waals surface area contributed by atoms with E-state index in [1.807, 2.05) is 0 Å². The van der Waals surface area contributed by atoms with Crippen molar-refractivity contribution >= 4 is 64.8 Å². The molecule has 0 aromatic carbocycles. The third kappa shape index (κ3) is 5.05. The predicted octanol–water partition coefficient (Wildman–Crippen LogP) is -2.68. The predicted molar refractivity (Wildman–Crippen MR) is 91.2 cm³/mol. The second-order valence-corrected chi connectivity index (χ2v) is 8.04. The molecular weight excluding hydrogens is 436 g/mol. The van der Waals surface area contributed by atoms with Gasteiger partial charge in [-0.15, -0.1) is 3.97 Å². The molecule has 2 aromatic heterocycles. The second kappa shape index (κ2) is 8.55. The quantitative estimate of drug-likeness (QED) is 0.171. The molecule has 5 atom stereocenters. The Balaban J connectivity index is 0.00000280. The van der Waals surface area contributed by atoms with Gasteiger partial charge in [-0.1, -0.05) is 0 Å². The molecule has 6 N–H and O–H groups in total. The summed E-state index contributed by atoms with van der Waals surface area (Å²) in [6.45, 7) is -0.845. The molecule has 1 saturated heterocycles. The molecule has 5 unspecified atom stereocenters. The first-order valence-corrected chi connectivity index (χ1v) is 9.95. The van der Waals surface area contributed by atoms with E-state index in [1.54, 1.807) is 0 Å². The van der Waals surface area contributed by atoms with Crippen LogP contribution in [0.2, 0.25) is 0 Å². The van der Waals surface area contributed by atoms with Crippen molar-refractivity contribution in [3.8, 4) is 0 Å². The Kier molecular flexibility index (Phi) is 7.18. The molecule has 3 rings (SSSR count). The summed E-state index contributed by atoms with van der Waals surface area (Å²) < 4.78 is 55.3. The first kappa shape index (κ1) is 23.5. The fourth-order valence-corrected chi connectivity index (χ4v) is 3.92. The zero-order chi connectivity index (χ0) is 20.0. The molecular formula is C10H15N5NaO10PS. The van der Waals surface area contributed by atoms with Gasteiger partial charge in [0.25, 0.3) is 0 Å². The van der Waals surface area contributed by atoms with Gasteiger partial charge in [0.1, 0.15) is 30.2 Å². The van der Waals surface area contributed by atoms with Crippen LogP contribution in [-0.4, -0.2) is 102 Å². The van der Waals surface area contributed by atoms with Crippen LogP contribution in [0.3, 0.4) is 0 Å². The minimum absolute atomic E-state index is 0. The van der Waals surface area contributed by atoms with Crippen molar-refractivity contribution in [3.63, 3.8) is 0 Å². The van der Waals surface area contributed by atoms with Gasteiger partial charge in [-0.05, 0) is 0 Å². The summed E-state index contributed by atoms with van der Waals surface area (Å²) in [6, 6.07) is 0. The Labute approximate surface area is 179 Å². The summed E-state index contributed by atoms with van der Waals surface area (Å²) in [5.74, 6) is 0.0789. The molecule has 0 radical (unpaired) electrons. The number of nitrogen functional groups attached to an aromatic ring is 1. The molecule has 1 aliphatic heterocycles. The first-order chi connectivity index (χ1) is 12.5. The van der Waals surface area contributed by atoms with Gasteiger partial charge in [-0.2, -0.15) is 8.42 Å². The van der Waals surface area contributed by atoms with Gasteiger partial charge in [0.2, 0.25) is 0 Å². The third-order valence-corrected chi connectivity index (χ3v) is 5.57. The van der Waals surface area contributed by atoms with E-state index in [0.717, 1.165) is 6.33 Å². The molecule has 0 amide bonds. The number of nitrogens with zero attached hydrogens (tertiary/aromatic N) is 4. The van der Waals surface area contributed by atoms with Crippen LogP contribution in [0, 0.1) is 0 Å². The van der Waals surface area contributed by atoms with E-state index in [9.17, 15) is 28.1 Å². The molecule has 1 fully saturated rings. The van der Waals surface area contributed by atoms with Crippen LogP contribution in [0.15, 0.2) is 12.7 Å². The molecule has 1 aliphatic rings. The van der Waals surface area contributed by atoms with E-state index >= 15 is 0 Å². The van der Waals surface area contributed by atoms with E-state index in [4.69, 9.17) is 15.0 Å². The molecule has 0 aliphatic carbocycles. The molecule has 28 heavy (non-hydrogen) atoms. The number of hydrogen-bond acceptors (Lipinski definition) is 12. The first-order valence-electron chi connectivity index (χ1n) is 7.09. The molecule has 18 heteroatoms. The Morgan fingerprint density at radius 1 is 1.29 bits per heavy atom. The summed E-state index contributed by atoms with van der Waals surface area (Å²) >= 11 is 0. The van der Waals surface area contributed by atoms with Crippen molar-refractivity contribution in [2.45, 2.75) is 24.5 Å². The standard InChI is InChI=1S/C10H14N5O10PS.Na.H/c11-8-5-9(13-2-12-8)15(3-14-5)10-7(17)6(16)4(24-10)1-23-26(18,19)25-27(20,21)22;;/h2-4,6-7,10,16-17H,1H2,(H,18,19)(H2,11,12,13)(H,20,21,22);;. The number of phosphoric acid groups is 1. The van der Waals surface area contributed by atoms with Gasteiger partial charge in [0.15, 0.2) is 17.7 Å². The number of aromatic nitrogens is 4.